The number of aromatic nitrogens is 2. The second-order valence-corrected chi connectivity index (χ2v) is 4.86. The molecule has 0 spiro atoms. The number of benzene rings is 1. The van der Waals surface area contributed by atoms with Gasteiger partial charge < -0.3 is 15.6 Å². The normalized spacial score (nSPS) is 10.0. The monoisotopic (exact) mass is 370 g/mol. The standard InChI is InChI=1S/C12H11IN4O2/c1-7(18)16-8-3-2-4-9(5-8)17-11-10(13)12(19)15-6-14-11/h2-6H,1H3,(H,16,18)(H2,14,15,17,19). The highest BCUT2D eigenvalue weighted by molar-refractivity contribution is 14.1. The van der Waals surface area contributed by atoms with Crippen LogP contribution in [0.4, 0.5) is 17.2 Å². The lowest BCUT2D eigenvalue weighted by Gasteiger charge is -2.08. The van der Waals surface area contributed by atoms with Crippen LogP contribution in [0.15, 0.2) is 35.4 Å². The number of carbonyl (C=O) groups excluding carboxylic acids is 1. The summed E-state index contributed by atoms with van der Waals surface area (Å²) in [5.74, 6) is 0.338. The average molecular weight is 370 g/mol. The number of halogens is 1. The quantitative estimate of drug-likeness (QED) is 0.722. The number of rotatable bonds is 3. The molecule has 0 bridgehead atoms. The topological polar surface area (TPSA) is 86.9 Å². The highest BCUT2D eigenvalue weighted by Gasteiger charge is 2.05. The lowest BCUT2D eigenvalue weighted by molar-refractivity contribution is -0.114. The van der Waals surface area contributed by atoms with Crippen molar-refractivity contribution in [1.29, 1.82) is 0 Å². The van der Waals surface area contributed by atoms with E-state index in [-0.39, 0.29) is 11.5 Å². The largest absolute Gasteiger partial charge is 0.339 e. The second kappa shape index (κ2) is 5.83. The number of hydrogen-bond donors (Lipinski definition) is 3. The summed E-state index contributed by atoms with van der Waals surface area (Å²) < 4.78 is 0.477. The summed E-state index contributed by atoms with van der Waals surface area (Å²) in [6, 6.07) is 7.17. The molecule has 2 aromatic rings. The molecular weight excluding hydrogens is 359 g/mol. The van der Waals surface area contributed by atoms with Crippen LogP contribution >= 0.6 is 22.6 Å². The molecule has 0 aliphatic heterocycles. The highest BCUT2D eigenvalue weighted by atomic mass is 127. The highest BCUT2D eigenvalue weighted by Crippen LogP contribution is 2.20. The summed E-state index contributed by atoms with van der Waals surface area (Å²) in [5.41, 5.74) is 1.22. The van der Waals surface area contributed by atoms with Gasteiger partial charge in [-0.05, 0) is 40.8 Å². The molecular formula is C12H11IN4O2. The fourth-order valence-electron chi connectivity index (χ4n) is 1.48. The Hall–Kier alpha value is -1.90. The Bertz CT molecular complexity index is 669. The van der Waals surface area contributed by atoms with Crippen LogP contribution in [-0.2, 0) is 4.79 Å². The number of nitrogens with zero attached hydrogens (tertiary/aromatic N) is 1. The lowest BCUT2D eigenvalue weighted by Crippen LogP contribution is -2.13. The molecule has 0 radical (unpaired) electrons. The molecule has 0 atom stereocenters. The zero-order valence-corrected chi connectivity index (χ0v) is 12.2. The minimum absolute atomic E-state index is 0.138. The maximum absolute atomic E-state index is 11.4. The maximum atomic E-state index is 11.4. The van der Waals surface area contributed by atoms with Crippen molar-refractivity contribution in [3.8, 4) is 0 Å². The molecule has 98 valence electrons. The van der Waals surface area contributed by atoms with Crippen LogP contribution in [0.3, 0.4) is 0 Å². The number of amides is 1. The average Bonchev–Trinajstić information content (AvgIpc) is 2.35. The number of carbonyl (C=O) groups is 1. The molecule has 6 nitrogen and oxygen atoms in total. The Kier molecular flexibility index (Phi) is 4.15. The van der Waals surface area contributed by atoms with Crippen molar-refractivity contribution in [2.24, 2.45) is 0 Å². The molecule has 0 saturated carbocycles. The number of hydrogen-bond acceptors (Lipinski definition) is 4. The third-order valence-corrected chi connectivity index (χ3v) is 3.24. The molecule has 0 aliphatic carbocycles. The van der Waals surface area contributed by atoms with Crippen molar-refractivity contribution in [3.05, 3.63) is 44.5 Å². The number of aromatic amines is 1. The van der Waals surface area contributed by atoms with Gasteiger partial charge in [-0.2, -0.15) is 0 Å². The zero-order valence-electron chi connectivity index (χ0n) is 10.0. The first kappa shape index (κ1) is 13.5. The summed E-state index contributed by atoms with van der Waals surface area (Å²) >= 11 is 1.92. The van der Waals surface area contributed by atoms with Gasteiger partial charge >= 0.3 is 0 Å². The van der Waals surface area contributed by atoms with E-state index in [4.69, 9.17) is 0 Å². The van der Waals surface area contributed by atoms with E-state index < -0.39 is 0 Å². The Morgan fingerprint density at radius 1 is 1.37 bits per heavy atom. The summed E-state index contributed by atoms with van der Waals surface area (Å²) in [7, 11) is 0. The van der Waals surface area contributed by atoms with Crippen LogP contribution in [0.1, 0.15) is 6.92 Å². The smallest absolute Gasteiger partial charge is 0.266 e. The van der Waals surface area contributed by atoms with E-state index in [9.17, 15) is 9.59 Å². The van der Waals surface area contributed by atoms with Gasteiger partial charge in [0, 0.05) is 18.3 Å². The predicted molar refractivity (Wildman–Crippen MR) is 81.6 cm³/mol. The van der Waals surface area contributed by atoms with E-state index in [1.54, 1.807) is 18.2 Å². The fraction of sp³-hybridized carbons (Fsp3) is 0.0833. The number of H-pyrrole nitrogens is 1. The molecule has 19 heavy (non-hydrogen) atoms. The van der Waals surface area contributed by atoms with Gasteiger partial charge in [-0.15, -0.1) is 0 Å². The maximum Gasteiger partial charge on any atom is 0.266 e. The zero-order chi connectivity index (χ0) is 13.8. The van der Waals surface area contributed by atoms with Crippen molar-refractivity contribution >= 4 is 45.7 Å². The van der Waals surface area contributed by atoms with Crippen molar-refractivity contribution in [1.82, 2.24) is 9.97 Å². The molecule has 3 N–H and O–H groups in total. The minimum Gasteiger partial charge on any atom is -0.339 e. The Morgan fingerprint density at radius 3 is 2.84 bits per heavy atom. The SMILES string of the molecule is CC(=O)Nc1cccc(Nc2nc[nH]c(=O)c2I)c1. The summed E-state index contributed by atoms with van der Waals surface area (Å²) in [6.07, 6.45) is 1.34. The Balaban J connectivity index is 2.26. The molecule has 1 aromatic carbocycles. The van der Waals surface area contributed by atoms with Gasteiger partial charge in [-0.3, -0.25) is 9.59 Å². The molecule has 1 amide bonds. The van der Waals surface area contributed by atoms with E-state index in [1.807, 2.05) is 28.7 Å². The van der Waals surface area contributed by atoms with E-state index in [0.29, 0.717) is 15.1 Å². The summed E-state index contributed by atoms with van der Waals surface area (Å²) in [6.45, 7) is 1.45. The molecule has 2 rings (SSSR count). The first-order valence-corrected chi connectivity index (χ1v) is 6.52. The van der Waals surface area contributed by atoms with E-state index in [1.165, 1.54) is 13.3 Å². The Labute approximate surface area is 122 Å². The van der Waals surface area contributed by atoms with Gasteiger partial charge in [0.25, 0.3) is 5.56 Å². The Morgan fingerprint density at radius 2 is 2.11 bits per heavy atom. The first-order chi connectivity index (χ1) is 9.06. The van der Waals surface area contributed by atoms with Crippen LogP contribution in [0.5, 0.6) is 0 Å². The molecule has 0 fully saturated rings. The minimum atomic E-state index is -0.198. The van der Waals surface area contributed by atoms with Crippen LogP contribution in [-0.4, -0.2) is 15.9 Å². The molecule has 7 heteroatoms. The van der Waals surface area contributed by atoms with E-state index >= 15 is 0 Å². The van der Waals surface area contributed by atoms with Gasteiger partial charge in [0.05, 0.1) is 6.33 Å². The number of nitrogens with one attached hydrogen (secondary N) is 3. The molecule has 0 aliphatic rings. The molecule has 1 aromatic heterocycles. The molecule has 0 saturated heterocycles. The van der Waals surface area contributed by atoms with Gasteiger partial charge in [0.1, 0.15) is 3.57 Å². The number of anilines is 3. The van der Waals surface area contributed by atoms with Crippen LogP contribution in [0.2, 0.25) is 0 Å². The van der Waals surface area contributed by atoms with Gasteiger partial charge in [0.15, 0.2) is 5.82 Å². The lowest BCUT2D eigenvalue weighted by atomic mass is 10.2. The van der Waals surface area contributed by atoms with E-state index in [2.05, 4.69) is 20.6 Å². The van der Waals surface area contributed by atoms with Gasteiger partial charge in [0.2, 0.25) is 5.91 Å². The second-order valence-electron chi connectivity index (χ2n) is 3.78. The molecule has 0 unspecified atom stereocenters. The van der Waals surface area contributed by atoms with Crippen LogP contribution in [0.25, 0.3) is 0 Å². The van der Waals surface area contributed by atoms with Gasteiger partial charge in [-0.1, -0.05) is 6.07 Å². The van der Waals surface area contributed by atoms with Crippen molar-refractivity contribution in [2.75, 3.05) is 10.6 Å². The van der Waals surface area contributed by atoms with Crippen LogP contribution in [0, 0.1) is 3.57 Å². The third-order valence-electron chi connectivity index (χ3n) is 2.24. The van der Waals surface area contributed by atoms with Crippen LogP contribution < -0.4 is 16.2 Å². The predicted octanol–water partition coefficient (Wildman–Crippen LogP) is 2.08. The molecule has 1 heterocycles. The van der Waals surface area contributed by atoms with Crippen molar-refractivity contribution < 1.29 is 4.79 Å². The summed E-state index contributed by atoms with van der Waals surface area (Å²) in [4.78, 5) is 29.0. The van der Waals surface area contributed by atoms with Gasteiger partial charge in [-0.25, -0.2) is 4.98 Å². The third kappa shape index (κ3) is 3.53. The fourth-order valence-corrected chi connectivity index (χ4v) is 1.91. The first-order valence-electron chi connectivity index (χ1n) is 5.44. The van der Waals surface area contributed by atoms with Crippen molar-refractivity contribution in [2.45, 2.75) is 6.92 Å². The summed E-state index contributed by atoms with van der Waals surface area (Å²) in [5, 5.41) is 5.72. The van der Waals surface area contributed by atoms with E-state index in [0.717, 1.165) is 5.69 Å². The van der Waals surface area contributed by atoms with Crippen molar-refractivity contribution in [3.63, 3.8) is 0 Å².